The van der Waals surface area contributed by atoms with Gasteiger partial charge in [0.1, 0.15) is 4.90 Å². The maximum atomic E-state index is 13.1. The maximum absolute atomic E-state index is 13.1. The Kier molecular flexibility index (Phi) is 4.20. The SMILES string of the molecule is Cc1ccc(-c2cc(C)ccc2N2C(=O)c3ccccc3S2(=O)=O)c(Br)c1. The van der Waals surface area contributed by atoms with Crippen molar-refractivity contribution in [2.45, 2.75) is 18.7 Å². The summed E-state index contributed by atoms with van der Waals surface area (Å²) in [5.41, 5.74) is 4.13. The molecule has 1 amide bonds. The van der Waals surface area contributed by atoms with Crippen LogP contribution in [0.15, 0.2) is 70.0 Å². The molecule has 0 N–H and O–H groups in total. The number of rotatable bonds is 2. The molecule has 0 atom stereocenters. The molecule has 0 saturated heterocycles. The minimum Gasteiger partial charge on any atom is -0.268 e. The van der Waals surface area contributed by atoms with Gasteiger partial charge in [-0.05, 0) is 55.3 Å². The highest BCUT2D eigenvalue weighted by molar-refractivity contribution is 9.10. The van der Waals surface area contributed by atoms with Crippen LogP contribution < -0.4 is 4.31 Å². The van der Waals surface area contributed by atoms with E-state index in [0.717, 1.165) is 25.5 Å². The molecule has 0 saturated carbocycles. The number of benzene rings is 3. The van der Waals surface area contributed by atoms with Crippen LogP contribution in [0.4, 0.5) is 5.69 Å². The van der Waals surface area contributed by atoms with Crippen molar-refractivity contribution in [2.75, 3.05) is 4.31 Å². The fraction of sp³-hybridized carbons (Fsp3) is 0.0952. The van der Waals surface area contributed by atoms with Gasteiger partial charge in [-0.2, -0.15) is 4.31 Å². The lowest BCUT2D eigenvalue weighted by Crippen LogP contribution is -2.30. The molecule has 0 fully saturated rings. The van der Waals surface area contributed by atoms with Gasteiger partial charge in [0.05, 0.1) is 11.3 Å². The predicted octanol–water partition coefficient (Wildman–Crippen LogP) is 5.08. The first kappa shape index (κ1) is 17.9. The van der Waals surface area contributed by atoms with Gasteiger partial charge in [-0.15, -0.1) is 0 Å². The summed E-state index contributed by atoms with van der Waals surface area (Å²) in [6.45, 7) is 3.92. The van der Waals surface area contributed by atoms with Crippen molar-refractivity contribution in [1.29, 1.82) is 0 Å². The Morgan fingerprint density at radius 1 is 0.815 bits per heavy atom. The first-order valence-electron chi connectivity index (χ1n) is 8.36. The van der Waals surface area contributed by atoms with Gasteiger partial charge in [-0.1, -0.05) is 51.8 Å². The Morgan fingerprint density at radius 3 is 2.19 bits per heavy atom. The third-order valence-electron chi connectivity index (χ3n) is 4.61. The van der Waals surface area contributed by atoms with Gasteiger partial charge in [-0.3, -0.25) is 4.79 Å². The zero-order valence-electron chi connectivity index (χ0n) is 14.7. The van der Waals surface area contributed by atoms with E-state index in [4.69, 9.17) is 0 Å². The van der Waals surface area contributed by atoms with Crippen LogP contribution in [0, 0.1) is 13.8 Å². The second kappa shape index (κ2) is 6.32. The molecule has 27 heavy (non-hydrogen) atoms. The van der Waals surface area contributed by atoms with E-state index in [1.807, 2.05) is 44.2 Å². The highest BCUT2D eigenvalue weighted by atomic mass is 79.9. The van der Waals surface area contributed by atoms with E-state index < -0.39 is 15.9 Å². The highest BCUT2D eigenvalue weighted by Crippen LogP contribution is 2.42. The number of aryl methyl sites for hydroxylation is 2. The Balaban J connectivity index is 1.98. The number of anilines is 1. The van der Waals surface area contributed by atoms with Crippen LogP contribution in [0.3, 0.4) is 0 Å². The van der Waals surface area contributed by atoms with Crippen molar-refractivity contribution in [3.05, 3.63) is 81.8 Å². The summed E-state index contributed by atoms with van der Waals surface area (Å²) >= 11 is 3.57. The number of amides is 1. The summed E-state index contributed by atoms with van der Waals surface area (Å²) in [6, 6.07) is 17.6. The van der Waals surface area contributed by atoms with Crippen LogP contribution in [0.2, 0.25) is 0 Å². The number of hydrogen-bond acceptors (Lipinski definition) is 3. The summed E-state index contributed by atoms with van der Waals surface area (Å²) in [7, 11) is -3.94. The predicted molar refractivity (Wildman–Crippen MR) is 109 cm³/mol. The van der Waals surface area contributed by atoms with Crippen molar-refractivity contribution in [2.24, 2.45) is 0 Å². The number of halogens is 1. The van der Waals surface area contributed by atoms with Gasteiger partial charge in [0.2, 0.25) is 0 Å². The highest BCUT2D eigenvalue weighted by Gasteiger charge is 2.43. The quantitative estimate of drug-likeness (QED) is 0.556. The second-order valence-corrected chi connectivity index (χ2v) is 9.18. The molecule has 1 aliphatic heterocycles. The van der Waals surface area contributed by atoms with E-state index in [-0.39, 0.29) is 10.5 Å². The van der Waals surface area contributed by atoms with E-state index >= 15 is 0 Å². The average Bonchev–Trinajstić information content (AvgIpc) is 2.82. The van der Waals surface area contributed by atoms with Crippen LogP contribution in [0.1, 0.15) is 21.5 Å². The Hall–Kier alpha value is -2.44. The molecule has 3 aromatic rings. The molecular weight excluding hydrogens is 426 g/mol. The summed E-state index contributed by atoms with van der Waals surface area (Å²) in [4.78, 5) is 13.0. The molecule has 6 heteroatoms. The normalized spacial score (nSPS) is 15.1. The minimum atomic E-state index is -3.94. The zero-order valence-corrected chi connectivity index (χ0v) is 17.1. The van der Waals surface area contributed by atoms with Crippen molar-refractivity contribution in [3.8, 4) is 11.1 Å². The Labute approximate surface area is 166 Å². The number of carbonyl (C=O) groups is 1. The average molecular weight is 442 g/mol. The first-order chi connectivity index (χ1) is 12.8. The molecule has 0 bridgehead atoms. The monoisotopic (exact) mass is 441 g/mol. The first-order valence-corrected chi connectivity index (χ1v) is 10.6. The van der Waals surface area contributed by atoms with Gasteiger partial charge in [0.25, 0.3) is 15.9 Å². The number of sulfonamides is 1. The van der Waals surface area contributed by atoms with Crippen molar-refractivity contribution < 1.29 is 13.2 Å². The molecular formula is C21H16BrNO3S. The second-order valence-electron chi connectivity index (χ2n) is 6.57. The molecule has 0 aromatic heterocycles. The fourth-order valence-corrected chi connectivity index (χ4v) is 5.63. The lowest BCUT2D eigenvalue weighted by atomic mass is 10.00. The van der Waals surface area contributed by atoms with E-state index in [1.54, 1.807) is 24.3 Å². The summed E-state index contributed by atoms with van der Waals surface area (Å²) < 4.78 is 28.0. The van der Waals surface area contributed by atoms with Crippen molar-refractivity contribution in [1.82, 2.24) is 0 Å². The number of hydrogen-bond donors (Lipinski definition) is 0. The molecule has 1 heterocycles. The molecule has 136 valence electrons. The molecule has 0 radical (unpaired) electrons. The van der Waals surface area contributed by atoms with E-state index in [1.165, 1.54) is 6.07 Å². The number of fused-ring (bicyclic) bond motifs is 1. The molecule has 0 aliphatic carbocycles. The van der Waals surface area contributed by atoms with Gasteiger partial charge in [0, 0.05) is 10.0 Å². The van der Waals surface area contributed by atoms with Gasteiger partial charge in [0.15, 0.2) is 0 Å². The topological polar surface area (TPSA) is 54.5 Å². The van der Waals surface area contributed by atoms with Crippen LogP contribution in [-0.2, 0) is 10.0 Å². The molecule has 0 unspecified atom stereocenters. The summed E-state index contributed by atoms with van der Waals surface area (Å²) in [6.07, 6.45) is 0. The summed E-state index contributed by atoms with van der Waals surface area (Å²) in [5, 5.41) is 0. The third-order valence-corrected chi connectivity index (χ3v) is 7.02. The molecule has 0 spiro atoms. The molecule has 1 aliphatic rings. The zero-order chi connectivity index (χ0) is 19.3. The number of nitrogens with zero attached hydrogens (tertiary/aromatic N) is 1. The van der Waals surface area contributed by atoms with Crippen LogP contribution in [-0.4, -0.2) is 14.3 Å². The van der Waals surface area contributed by atoms with Crippen LogP contribution in [0.5, 0.6) is 0 Å². The lowest BCUT2D eigenvalue weighted by Gasteiger charge is -2.20. The Morgan fingerprint density at radius 2 is 1.48 bits per heavy atom. The minimum absolute atomic E-state index is 0.0458. The molecule has 4 rings (SSSR count). The van der Waals surface area contributed by atoms with E-state index in [2.05, 4.69) is 15.9 Å². The van der Waals surface area contributed by atoms with E-state index in [9.17, 15) is 13.2 Å². The van der Waals surface area contributed by atoms with Gasteiger partial charge in [-0.25, -0.2) is 8.42 Å². The third kappa shape index (κ3) is 2.80. The van der Waals surface area contributed by atoms with E-state index in [0.29, 0.717) is 11.3 Å². The number of carbonyl (C=O) groups excluding carboxylic acids is 1. The smallest absolute Gasteiger partial charge is 0.268 e. The standard InChI is InChI=1S/C21H16BrNO3S/c1-13-8-10-19(17(11-13)15-9-7-14(2)12-18(15)22)23-21(24)16-5-3-4-6-20(16)27(23,25)26/h3-12H,1-2H3. The van der Waals surface area contributed by atoms with Gasteiger partial charge >= 0.3 is 0 Å². The largest absolute Gasteiger partial charge is 0.273 e. The maximum Gasteiger partial charge on any atom is 0.273 e. The van der Waals surface area contributed by atoms with Crippen LogP contribution >= 0.6 is 15.9 Å². The molecule has 3 aromatic carbocycles. The van der Waals surface area contributed by atoms with Gasteiger partial charge < -0.3 is 0 Å². The Bertz CT molecular complexity index is 1200. The summed E-state index contributed by atoms with van der Waals surface area (Å²) in [5.74, 6) is -0.529. The van der Waals surface area contributed by atoms with Crippen LogP contribution in [0.25, 0.3) is 11.1 Å². The van der Waals surface area contributed by atoms with Crippen molar-refractivity contribution >= 4 is 37.5 Å². The molecule has 4 nitrogen and oxygen atoms in total. The fourth-order valence-electron chi connectivity index (χ4n) is 3.31. The lowest BCUT2D eigenvalue weighted by molar-refractivity contribution is 0.101. The van der Waals surface area contributed by atoms with Crippen molar-refractivity contribution in [3.63, 3.8) is 0 Å².